The number of carbonyl (C=O) groups excluding carboxylic acids is 1. The number of nitrogens with one attached hydrogen (secondary N) is 1. The van der Waals surface area contributed by atoms with Crippen LogP contribution in [0.4, 0.5) is 0 Å². The standard InChI is InChI=1S/C13H19NO/c1-10(2)14-13(15)9-8-12-7-5-4-6-11(12)3/h4-7,10H,8-9H2,1-3H3,(H,14,15). The summed E-state index contributed by atoms with van der Waals surface area (Å²) < 4.78 is 0. The molecule has 0 radical (unpaired) electrons. The molecule has 0 spiro atoms. The van der Waals surface area contributed by atoms with E-state index in [9.17, 15) is 4.79 Å². The predicted octanol–water partition coefficient (Wildman–Crippen LogP) is 2.45. The second-order valence-electron chi connectivity index (χ2n) is 4.15. The van der Waals surface area contributed by atoms with E-state index in [-0.39, 0.29) is 11.9 Å². The summed E-state index contributed by atoms with van der Waals surface area (Å²) in [6, 6.07) is 8.43. The average Bonchev–Trinajstić information content (AvgIpc) is 2.15. The van der Waals surface area contributed by atoms with Crippen LogP contribution in [0.3, 0.4) is 0 Å². The summed E-state index contributed by atoms with van der Waals surface area (Å²) in [5.41, 5.74) is 2.52. The van der Waals surface area contributed by atoms with Crippen LogP contribution in [-0.2, 0) is 11.2 Å². The maximum absolute atomic E-state index is 11.4. The van der Waals surface area contributed by atoms with Crippen molar-refractivity contribution in [3.05, 3.63) is 35.4 Å². The molecule has 1 N–H and O–H groups in total. The molecule has 0 saturated heterocycles. The number of aryl methyl sites for hydroxylation is 2. The molecule has 1 aromatic carbocycles. The van der Waals surface area contributed by atoms with Gasteiger partial charge in [0, 0.05) is 12.5 Å². The van der Waals surface area contributed by atoms with Crippen LogP contribution in [0, 0.1) is 6.92 Å². The van der Waals surface area contributed by atoms with E-state index in [0.29, 0.717) is 6.42 Å². The molecule has 1 rings (SSSR count). The van der Waals surface area contributed by atoms with E-state index in [1.807, 2.05) is 26.0 Å². The Kier molecular flexibility index (Phi) is 4.35. The molecule has 0 aromatic heterocycles. The van der Waals surface area contributed by atoms with Crippen molar-refractivity contribution >= 4 is 5.91 Å². The monoisotopic (exact) mass is 205 g/mol. The van der Waals surface area contributed by atoms with Gasteiger partial charge in [-0.3, -0.25) is 4.79 Å². The zero-order chi connectivity index (χ0) is 11.3. The van der Waals surface area contributed by atoms with Crippen molar-refractivity contribution in [3.8, 4) is 0 Å². The molecule has 15 heavy (non-hydrogen) atoms. The lowest BCUT2D eigenvalue weighted by Gasteiger charge is -2.09. The number of rotatable bonds is 4. The first-order valence-corrected chi connectivity index (χ1v) is 5.43. The molecular formula is C13H19NO. The Morgan fingerprint density at radius 2 is 2.00 bits per heavy atom. The highest BCUT2D eigenvalue weighted by Gasteiger charge is 2.04. The first kappa shape index (κ1) is 11.8. The molecule has 0 saturated carbocycles. The molecule has 0 aliphatic carbocycles. The Hall–Kier alpha value is -1.31. The van der Waals surface area contributed by atoms with Crippen LogP contribution in [0.15, 0.2) is 24.3 Å². The van der Waals surface area contributed by atoms with Gasteiger partial charge in [-0.15, -0.1) is 0 Å². The number of carbonyl (C=O) groups is 1. The van der Waals surface area contributed by atoms with Crippen LogP contribution in [0.2, 0.25) is 0 Å². The fraction of sp³-hybridized carbons (Fsp3) is 0.462. The lowest BCUT2D eigenvalue weighted by atomic mass is 10.0. The number of amides is 1. The minimum Gasteiger partial charge on any atom is -0.354 e. The van der Waals surface area contributed by atoms with Gasteiger partial charge in [-0.25, -0.2) is 0 Å². The smallest absolute Gasteiger partial charge is 0.220 e. The molecule has 1 aromatic rings. The van der Waals surface area contributed by atoms with Crippen LogP contribution >= 0.6 is 0 Å². The van der Waals surface area contributed by atoms with Gasteiger partial charge in [0.1, 0.15) is 0 Å². The highest BCUT2D eigenvalue weighted by Crippen LogP contribution is 2.09. The molecule has 1 amide bonds. The minimum absolute atomic E-state index is 0.133. The van der Waals surface area contributed by atoms with Crippen LogP contribution in [-0.4, -0.2) is 11.9 Å². The predicted molar refractivity (Wildman–Crippen MR) is 62.8 cm³/mol. The summed E-state index contributed by atoms with van der Waals surface area (Å²) in [6.07, 6.45) is 1.40. The maximum Gasteiger partial charge on any atom is 0.220 e. The van der Waals surface area contributed by atoms with E-state index in [0.717, 1.165) is 6.42 Å². The summed E-state index contributed by atoms with van der Waals surface area (Å²) in [7, 11) is 0. The van der Waals surface area contributed by atoms with Gasteiger partial charge in [-0.2, -0.15) is 0 Å². The zero-order valence-electron chi connectivity index (χ0n) is 9.71. The molecule has 0 aliphatic heterocycles. The van der Waals surface area contributed by atoms with E-state index in [1.165, 1.54) is 11.1 Å². The summed E-state index contributed by atoms with van der Waals surface area (Å²) in [5.74, 6) is 0.133. The van der Waals surface area contributed by atoms with Gasteiger partial charge in [0.25, 0.3) is 0 Å². The van der Waals surface area contributed by atoms with E-state index in [2.05, 4.69) is 24.4 Å². The third-order valence-electron chi connectivity index (χ3n) is 2.33. The van der Waals surface area contributed by atoms with Gasteiger partial charge in [0.2, 0.25) is 5.91 Å². The molecule has 0 bridgehead atoms. The van der Waals surface area contributed by atoms with Gasteiger partial charge in [0.15, 0.2) is 0 Å². The summed E-state index contributed by atoms with van der Waals surface area (Å²) >= 11 is 0. The Balaban J connectivity index is 2.44. The quantitative estimate of drug-likeness (QED) is 0.803. The largest absolute Gasteiger partial charge is 0.354 e. The molecular weight excluding hydrogens is 186 g/mol. The van der Waals surface area contributed by atoms with Gasteiger partial charge in [-0.1, -0.05) is 24.3 Å². The Morgan fingerprint density at radius 1 is 1.33 bits per heavy atom. The number of hydrogen-bond donors (Lipinski definition) is 1. The fourth-order valence-corrected chi connectivity index (χ4v) is 1.53. The topological polar surface area (TPSA) is 29.1 Å². The average molecular weight is 205 g/mol. The highest BCUT2D eigenvalue weighted by molar-refractivity contribution is 5.76. The molecule has 0 unspecified atom stereocenters. The third kappa shape index (κ3) is 4.15. The summed E-state index contributed by atoms with van der Waals surface area (Å²) in [5, 5.41) is 2.89. The van der Waals surface area contributed by atoms with E-state index in [4.69, 9.17) is 0 Å². The van der Waals surface area contributed by atoms with Gasteiger partial charge >= 0.3 is 0 Å². The van der Waals surface area contributed by atoms with E-state index >= 15 is 0 Å². The van der Waals surface area contributed by atoms with Crippen LogP contribution < -0.4 is 5.32 Å². The highest BCUT2D eigenvalue weighted by atomic mass is 16.1. The molecule has 2 heteroatoms. The van der Waals surface area contributed by atoms with Crippen molar-refractivity contribution in [2.45, 2.75) is 39.7 Å². The van der Waals surface area contributed by atoms with Gasteiger partial charge in [-0.05, 0) is 38.3 Å². The second-order valence-corrected chi connectivity index (χ2v) is 4.15. The molecule has 0 aliphatic rings. The zero-order valence-corrected chi connectivity index (χ0v) is 9.71. The van der Waals surface area contributed by atoms with Crippen LogP contribution in [0.25, 0.3) is 0 Å². The van der Waals surface area contributed by atoms with Gasteiger partial charge in [0.05, 0.1) is 0 Å². The van der Waals surface area contributed by atoms with Crippen molar-refractivity contribution in [1.82, 2.24) is 5.32 Å². The SMILES string of the molecule is Cc1ccccc1CCC(=O)NC(C)C. The normalized spacial score (nSPS) is 10.4. The lowest BCUT2D eigenvalue weighted by molar-refractivity contribution is -0.121. The van der Waals surface area contributed by atoms with Gasteiger partial charge < -0.3 is 5.32 Å². The summed E-state index contributed by atoms with van der Waals surface area (Å²) in [6.45, 7) is 6.03. The number of benzene rings is 1. The van der Waals surface area contributed by atoms with E-state index in [1.54, 1.807) is 0 Å². The number of hydrogen-bond acceptors (Lipinski definition) is 1. The minimum atomic E-state index is 0.133. The van der Waals surface area contributed by atoms with E-state index < -0.39 is 0 Å². The first-order valence-electron chi connectivity index (χ1n) is 5.43. The fourth-order valence-electron chi connectivity index (χ4n) is 1.53. The Bertz CT molecular complexity index is 331. The van der Waals surface area contributed by atoms with Crippen molar-refractivity contribution in [2.24, 2.45) is 0 Å². The third-order valence-corrected chi connectivity index (χ3v) is 2.33. The lowest BCUT2D eigenvalue weighted by Crippen LogP contribution is -2.30. The summed E-state index contributed by atoms with van der Waals surface area (Å²) in [4.78, 5) is 11.4. The van der Waals surface area contributed by atoms with Crippen LogP contribution in [0.1, 0.15) is 31.4 Å². The second kappa shape index (κ2) is 5.54. The van der Waals surface area contributed by atoms with Crippen molar-refractivity contribution in [1.29, 1.82) is 0 Å². The maximum atomic E-state index is 11.4. The molecule has 0 fully saturated rings. The molecule has 0 heterocycles. The molecule has 2 nitrogen and oxygen atoms in total. The van der Waals surface area contributed by atoms with Crippen molar-refractivity contribution < 1.29 is 4.79 Å². The van der Waals surface area contributed by atoms with Crippen LogP contribution in [0.5, 0.6) is 0 Å². The Labute approximate surface area is 91.7 Å². The first-order chi connectivity index (χ1) is 7.09. The molecule has 0 atom stereocenters. The van der Waals surface area contributed by atoms with Crippen molar-refractivity contribution in [3.63, 3.8) is 0 Å². The van der Waals surface area contributed by atoms with Crippen molar-refractivity contribution in [2.75, 3.05) is 0 Å². The molecule has 82 valence electrons. The Morgan fingerprint density at radius 3 is 2.60 bits per heavy atom.